The van der Waals surface area contributed by atoms with E-state index in [4.69, 9.17) is 0 Å². The topological polar surface area (TPSA) is 17.3 Å². The minimum absolute atomic E-state index is 0.952. The highest BCUT2D eigenvalue weighted by Gasteiger charge is 2.06. The molecule has 0 saturated carbocycles. The molecular weight excluding hydrogens is 264 g/mol. The summed E-state index contributed by atoms with van der Waals surface area (Å²) < 4.78 is 3.07. The van der Waals surface area contributed by atoms with Crippen LogP contribution in [0.2, 0.25) is 0 Å². The first kappa shape index (κ1) is 9.60. The van der Waals surface area contributed by atoms with Gasteiger partial charge in [-0.2, -0.15) is 0 Å². The molecule has 3 rings (SSSR count). The van der Waals surface area contributed by atoms with Crippen molar-refractivity contribution in [2.75, 3.05) is 0 Å². The minimum Gasteiger partial charge on any atom is -0.287 e. The number of pyridine rings is 1. The van der Waals surface area contributed by atoms with Gasteiger partial charge in [-0.15, -0.1) is 0 Å². The van der Waals surface area contributed by atoms with Crippen molar-refractivity contribution in [1.29, 1.82) is 0 Å². The monoisotopic (exact) mass is 272 g/mol. The van der Waals surface area contributed by atoms with Gasteiger partial charge in [0.05, 0.1) is 11.9 Å². The minimum atomic E-state index is 0.952. The van der Waals surface area contributed by atoms with E-state index in [-0.39, 0.29) is 0 Å². The molecule has 2 aromatic heterocycles. The van der Waals surface area contributed by atoms with Gasteiger partial charge in [-0.3, -0.25) is 4.40 Å². The molecule has 0 unspecified atom stereocenters. The maximum absolute atomic E-state index is 4.32. The van der Waals surface area contributed by atoms with Crippen LogP contribution in [-0.2, 0) is 0 Å². The maximum Gasteiger partial charge on any atom is 0.138 e. The Labute approximate surface area is 102 Å². The van der Waals surface area contributed by atoms with E-state index in [9.17, 15) is 0 Å². The number of aromatic nitrogens is 2. The summed E-state index contributed by atoms with van der Waals surface area (Å²) in [5, 5.41) is 0. The molecule has 0 aliphatic heterocycles. The molecule has 3 aromatic rings. The standard InChI is InChI=1S/C13H9BrN2/c14-12-9-15-13-8-4-7-11(16(12)13)10-5-2-1-3-6-10/h1-9H. The van der Waals surface area contributed by atoms with Crippen LogP contribution in [0.4, 0.5) is 0 Å². The number of hydrogen-bond acceptors (Lipinski definition) is 1. The van der Waals surface area contributed by atoms with E-state index in [1.807, 2.05) is 36.5 Å². The molecular formula is C13H9BrN2. The van der Waals surface area contributed by atoms with Crippen LogP contribution in [0.5, 0.6) is 0 Å². The number of nitrogens with zero attached hydrogens (tertiary/aromatic N) is 2. The normalized spacial score (nSPS) is 10.8. The van der Waals surface area contributed by atoms with Gasteiger partial charge in [-0.05, 0) is 33.6 Å². The van der Waals surface area contributed by atoms with Crippen LogP contribution in [0.1, 0.15) is 0 Å². The van der Waals surface area contributed by atoms with Crippen LogP contribution in [0, 0.1) is 0 Å². The van der Waals surface area contributed by atoms with Gasteiger partial charge in [0.2, 0.25) is 0 Å². The molecule has 0 aliphatic carbocycles. The molecule has 0 N–H and O–H groups in total. The Morgan fingerprint density at radius 2 is 1.75 bits per heavy atom. The third-order valence-electron chi connectivity index (χ3n) is 2.56. The van der Waals surface area contributed by atoms with Gasteiger partial charge in [0.15, 0.2) is 0 Å². The second kappa shape index (κ2) is 3.76. The van der Waals surface area contributed by atoms with Gasteiger partial charge in [-0.25, -0.2) is 4.98 Å². The molecule has 2 nitrogen and oxygen atoms in total. The van der Waals surface area contributed by atoms with Crippen molar-refractivity contribution in [2.45, 2.75) is 0 Å². The number of rotatable bonds is 1. The zero-order valence-corrected chi connectivity index (χ0v) is 10.1. The Morgan fingerprint density at radius 1 is 0.938 bits per heavy atom. The van der Waals surface area contributed by atoms with Crippen molar-refractivity contribution < 1.29 is 0 Å². The zero-order chi connectivity index (χ0) is 11.0. The van der Waals surface area contributed by atoms with Crippen LogP contribution >= 0.6 is 15.9 Å². The summed E-state index contributed by atoms with van der Waals surface area (Å²) in [5.74, 6) is 0. The van der Waals surface area contributed by atoms with Crippen molar-refractivity contribution in [2.24, 2.45) is 0 Å². The average molecular weight is 273 g/mol. The molecule has 3 heteroatoms. The lowest BCUT2D eigenvalue weighted by atomic mass is 10.1. The van der Waals surface area contributed by atoms with E-state index in [1.165, 1.54) is 5.56 Å². The molecule has 0 bridgehead atoms. The summed E-state index contributed by atoms with van der Waals surface area (Å²) in [6.07, 6.45) is 1.82. The predicted molar refractivity (Wildman–Crippen MR) is 68.3 cm³/mol. The third kappa shape index (κ3) is 1.44. The third-order valence-corrected chi connectivity index (χ3v) is 3.12. The van der Waals surface area contributed by atoms with Gasteiger partial charge in [0.1, 0.15) is 10.3 Å². The highest BCUT2D eigenvalue weighted by atomic mass is 79.9. The fraction of sp³-hybridized carbons (Fsp3) is 0. The van der Waals surface area contributed by atoms with Crippen molar-refractivity contribution in [3.63, 3.8) is 0 Å². The molecule has 1 aromatic carbocycles. The summed E-state index contributed by atoms with van der Waals surface area (Å²) in [6.45, 7) is 0. The summed E-state index contributed by atoms with van der Waals surface area (Å²) in [7, 11) is 0. The Hall–Kier alpha value is -1.61. The lowest BCUT2D eigenvalue weighted by Gasteiger charge is -2.06. The highest BCUT2D eigenvalue weighted by Crippen LogP contribution is 2.24. The summed E-state index contributed by atoms with van der Waals surface area (Å²) in [5.41, 5.74) is 3.28. The van der Waals surface area contributed by atoms with Crippen molar-refractivity contribution in [1.82, 2.24) is 9.38 Å². The summed E-state index contributed by atoms with van der Waals surface area (Å²) in [4.78, 5) is 4.32. The van der Waals surface area contributed by atoms with Gasteiger partial charge in [0, 0.05) is 0 Å². The second-order valence-corrected chi connectivity index (χ2v) is 4.36. The number of halogens is 1. The van der Waals surface area contributed by atoms with E-state index in [0.717, 1.165) is 15.9 Å². The van der Waals surface area contributed by atoms with Crippen LogP contribution in [0.25, 0.3) is 16.9 Å². The smallest absolute Gasteiger partial charge is 0.138 e. The molecule has 16 heavy (non-hydrogen) atoms. The highest BCUT2D eigenvalue weighted by molar-refractivity contribution is 9.10. The van der Waals surface area contributed by atoms with E-state index in [1.54, 1.807) is 0 Å². The van der Waals surface area contributed by atoms with Crippen LogP contribution in [-0.4, -0.2) is 9.38 Å². The quantitative estimate of drug-likeness (QED) is 0.659. The Kier molecular flexibility index (Phi) is 2.26. The lowest BCUT2D eigenvalue weighted by molar-refractivity contribution is 1.16. The van der Waals surface area contributed by atoms with Crippen LogP contribution in [0.15, 0.2) is 59.3 Å². The molecule has 0 fully saturated rings. The molecule has 0 atom stereocenters. The number of benzene rings is 1. The first-order valence-corrected chi connectivity index (χ1v) is 5.83. The zero-order valence-electron chi connectivity index (χ0n) is 8.47. The fourth-order valence-electron chi connectivity index (χ4n) is 1.83. The van der Waals surface area contributed by atoms with Crippen molar-refractivity contribution in [3.05, 3.63) is 59.3 Å². The molecule has 0 radical (unpaired) electrons. The molecule has 0 aliphatic rings. The maximum atomic E-state index is 4.32. The fourth-order valence-corrected chi connectivity index (χ4v) is 2.31. The molecule has 2 heterocycles. The lowest BCUT2D eigenvalue weighted by Crippen LogP contribution is -1.91. The van der Waals surface area contributed by atoms with E-state index < -0.39 is 0 Å². The predicted octanol–water partition coefficient (Wildman–Crippen LogP) is 3.76. The summed E-state index contributed by atoms with van der Waals surface area (Å²) >= 11 is 3.52. The number of hydrogen-bond donors (Lipinski definition) is 0. The van der Waals surface area contributed by atoms with Gasteiger partial charge >= 0.3 is 0 Å². The Balaban J connectivity index is 2.36. The molecule has 0 amide bonds. The first-order valence-electron chi connectivity index (χ1n) is 5.03. The SMILES string of the molecule is Brc1cnc2cccc(-c3ccccc3)n12. The molecule has 0 saturated heterocycles. The van der Waals surface area contributed by atoms with Crippen molar-refractivity contribution >= 4 is 21.6 Å². The van der Waals surface area contributed by atoms with Crippen LogP contribution < -0.4 is 0 Å². The number of imidazole rings is 1. The summed E-state index contributed by atoms with van der Waals surface area (Å²) in [6, 6.07) is 16.4. The largest absolute Gasteiger partial charge is 0.287 e. The average Bonchev–Trinajstić information content (AvgIpc) is 2.73. The van der Waals surface area contributed by atoms with E-state index >= 15 is 0 Å². The Morgan fingerprint density at radius 3 is 2.56 bits per heavy atom. The number of fused-ring (bicyclic) bond motifs is 1. The Bertz CT molecular complexity index is 629. The molecule has 78 valence electrons. The van der Waals surface area contributed by atoms with Crippen LogP contribution in [0.3, 0.4) is 0 Å². The first-order chi connectivity index (χ1) is 7.86. The van der Waals surface area contributed by atoms with Gasteiger partial charge in [-0.1, -0.05) is 36.4 Å². The van der Waals surface area contributed by atoms with E-state index in [2.05, 4.69) is 43.5 Å². The second-order valence-electron chi connectivity index (χ2n) is 3.55. The van der Waals surface area contributed by atoms with Gasteiger partial charge in [0.25, 0.3) is 0 Å². The molecule has 0 spiro atoms. The van der Waals surface area contributed by atoms with Gasteiger partial charge < -0.3 is 0 Å². The van der Waals surface area contributed by atoms with E-state index in [0.29, 0.717) is 0 Å². The van der Waals surface area contributed by atoms with Crippen molar-refractivity contribution in [3.8, 4) is 11.3 Å².